The van der Waals surface area contributed by atoms with Gasteiger partial charge < -0.3 is 4.74 Å². The summed E-state index contributed by atoms with van der Waals surface area (Å²) in [5.74, 6) is -5.40. The molecule has 3 fully saturated rings. The van der Waals surface area contributed by atoms with E-state index in [1.165, 1.54) is 0 Å². The molecule has 0 radical (unpaired) electrons. The molecule has 0 aliphatic carbocycles. The second-order valence-corrected chi connectivity index (χ2v) is 6.24. The Morgan fingerprint density at radius 3 is 2.16 bits per heavy atom. The van der Waals surface area contributed by atoms with Gasteiger partial charge in [0.05, 0.1) is 13.2 Å². The predicted molar refractivity (Wildman–Crippen MR) is 74.2 cm³/mol. The Kier molecular flexibility index (Phi) is 4.67. The predicted octanol–water partition coefficient (Wildman–Crippen LogP) is 4.33. The molecule has 3 aliphatic heterocycles. The monoisotopic (exact) mass is 368 g/mol. The Balaban J connectivity index is 1.78. The van der Waals surface area contributed by atoms with Crippen molar-refractivity contribution in [1.82, 2.24) is 0 Å². The third-order valence-corrected chi connectivity index (χ3v) is 4.38. The number of ether oxygens (including phenoxy) is 4. The lowest BCUT2D eigenvalue weighted by Crippen LogP contribution is -2.69. The van der Waals surface area contributed by atoms with Crippen LogP contribution in [0.4, 0.5) is 22.0 Å². The fraction of sp³-hybridized carbons (Fsp3) is 0.625. The maximum absolute atomic E-state index is 14.5. The van der Waals surface area contributed by atoms with E-state index >= 15 is 0 Å². The van der Waals surface area contributed by atoms with E-state index in [1.807, 2.05) is 6.92 Å². The van der Waals surface area contributed by atoms with Gasteiger partial charge in [0.2, 0.25) is 0 Å². The van der Waals surface area contributed by atoms with Crippen LogP contribution in [0.2, 0.25) is 0 Å². The number of halogens is 5. The van der Waals surface area contributed by atoms with Crippen molar-refractivity contribution >= 4 is 0 Å². The first-order chi connectivity index (χ1) is 11.7. The molecule has 3 saturated heterocycles. The van der Waals surface area contributed by atoms with Crippen LogP contribution in [0.1, 0.15) is 32.6 Å². The smallest absolute Gasteiger partial charge is 0.416 e. The lowest BCUT2D eigenvalue weighted by molar-refractivity contribution is -0.612. The summed E-state index contributed by atoms with van der Waals surface area (Å²) < 4.78 is 88.3. The lowest BCUT2D eigenvalue weighted by Gasteiger charge is -2.53. The minimum Gasteiger partial charge on any atom is -0.416 e. The van der Waals surface area contributed by atoms with E-state index < -0.39 is 54.1 Å². The molecule has 1 aromatic rings. The molecule has 4 rings (SSSR count). The van der Waals surface area contributed by atoms with Crippen LogP contribution >= 0.6 is 0 Å². The molecule has 0 amide bonds. The van der Waals surface area contributed by atoms with Crippen molar-refractivity contribution in [3.8, 4) is 5.75 Å². The molecule has 1 aromatic carbocycles. The summed E-state index contributed by atoms with van der Waals surface area (Å²) in [5.41, 5.74) is -1.65. The summed E-state index contributed by atoms with van der Waals surface area (Å²) in [6, 6.07) is 0.970. The van der Waals surface area contributed by atoms with Crippen molar-refractivity contribution in [1.29, 1.82) is 0 Å². The molecule has 2 bridgehead atoms. The first-order valence-corrected chi connectivity index (χ1v) is 7.92. The van der Waals surface area contributed by atoms with Gasteiger partial charge in [0.25, 0.3) is 0 Å². The third kappa shape index (κ3) is 3.20. The van der Waals surface area contributed by atoms with Gasteiger partial charge in [-0.15, -0.1) is 0 Å². The van der Waals surface area contributed by atoms with Crippen LogP contribution in [0.5, 0.6) is 5.75 Å². The Hall–Kier alpha value is -1.45. The summed E-state index contributed by atoms with van der Waals surface area (Å²) >= 11 is 0. The maximum Gasteiger partial charge on any atom is 0.465 e. The number of benzene rings is 1. The SMILES string of the molecule is CCCCCC12COC(Oc3cc(F)c(F)c(F)c3)(OC1)OC2(F)F. The minimum absolute atomic E-state index is 0.129. The summed E-state index contributed by atoms with van der Waals surface area (Å²) in [7, 11) is 0. The number of fused-ring (bicyclic) bond motifs is 3. The highest BCUT2D eigenvalue weighted by Gasteiger charge is 2.70. The van der Waals surface area contributed by atoms with Crippen molar-refractivity contribution < 1.29 is 40.9 Å². The Bertz CT molecular complexity index is 620. The zero-order chi connectivity index (χ0) is 18.3. The fourth-order valence-corrected chi connectivity index (χ4v) is 2.85. The molecular formula is C16H17F5O4. The molecule has 0 atom stereocenters. The van der Waals surface area contributed by atoms with E-state index in [2.05, 4.69) is 4.74 Å². The quantitative estimate of drug-likeness (QED) is 0.426. The van der Waals surface area contributed by atoms with Crippen LogP contribution in [0.25, 0.3) is 0 Å². The molecule has 0 spiro atoms. The lowest BCUT2D eigenvalue weighted by atomic mass is 9.81. The van der Waals surface area contributed by atoms with Crippen molar-refractivity contribution in [2.24, 2.45) is 5.41 Å². The maximum atomic E-state index is 14.5. The molecule has 3 heterocycles. The van der Waals surface area contributed by atoms with Crippen molar-refractivity contribution in [3.63, 3.8) is 0 Å². The Morgan fingerprint density at radius 1 is 1.04 bits per heavy atom. The number of unbranched alkanes of at least 4 members (excludes halogenated alkanes) is 2. The van der Waals surface area contributed by atoms with Crippen LogP contribution in [0, 0.1) is 22.9 Å². The first-order valence-electron chi connectivity index (χ1n) is 7.92. The second-order valence-electron chi connectivity index (χ2n) is 6.24. The van der Waals surface area contributed by atoms with Gasteiger partial charge in [0.1, 0.15) is 11.2 Å². The van der Waals surface area contributed by atoms with E-state index in [1.54, 1.807) is 0 Å². The van der Waals surface area contributed by atoms with Gasteiger partial charge in [-0.3, -0.25) is 9.47 Å². The Labute approximate surface area is 140 Å². The summed E-state index contributed by atoms with van der Waals surface area (Å²) in [6.07, 6.45) is -3.94. The van der Waals surface area contributed by atoms with Crippen molar-refractivity contribution in [2.45, 2.75) is 44.9 Å². The topological polar surface area (TPSA) is 36.9 Å². The number of hydrogen-bond donors (Lipinski definition) is 0. The largest absolute Gasteiger partial charge is 0.465 e. The molecule has 4 nitrogen and oxygen atoms in total. The molecular weight excluding hydrogens is 351 g/mol. The average Bonchev–Trinajstić information content (AvgIpc) is 2.53. The van der Waals surface area contributed by atoms with Crippen LogP contribution in [-0.2, 0) is 14.2 Å². The van der Waals surface area contributed by atoms with Gasteiger partial charge in [-0.1, -0.05) is 26.2 Å². The van der Waals surface area contributed by atoms with Crippen LogP contribution in [0.3, 0.4) is 0 Å². The zero-order valence-corrected chi connectivity index (χ0v) is 13.4. The number of hydrogen-bond acceptors (Lipinski definition) is 4. The normalized spacial score (nSPS) is 30.5. The minimum atomic E-state index is -3.62. The average molecular weight is 368 g/mol. The van der Waals surface area contributed by atoms with Crippen molar-refractivity contribution in [3.05, 3.63) is 29.6 Å². The first kappa shape index (κ1) is 18.3. The number of alkyl halides is 2. The van der Waals surface area contributed by atoms with E-state index in [4.69, 9.17) is 14.2 Å². The van der Waals surface area contributed by atoms with E-state index in [-0.39, 0.29) is 6.42 Å². The second kappa shape index (κ2) is 6.37. The zero-order valence-electron chi connectivity index (χ0n) is 13.4. The number of rotatable bonds is 6. The van der Waals surface area contributed by atoms with Crippen LogP contribution < -0.4 is 4.74 Å². The summed E-state index contributed by atoms with van der Waals surface area (Å²) in [4.78, 5) is 0. The van der Waals surface area contributed by atoms with Crippen LogP contribution in [-0.4, -0.2) is 25.5 Å². The molecule has 25 heavy (non-hydrogen) atoms. The molecule has 140 valence electrons. The van der Waals surface area contributed by atoms with Crippen LogP contribution in [0.15, 0.2) is 12.1 Å². The standard InChI is InChI=1S/C16H17F5O4/c1-2-3-4-5-14-8-22-16(23-9-14,25-15(14,20)21)24-10-6-11(17)13(19)12(18)7-10/h6-7H,2-5,8-9H2,1H3. The van der Waals surface area contributed by atoms with Gasteiger partial charge in [-0.05, 0) is 6.42 Å². The van der Waals surface area contributed by atoms with E-state index in [0.29, 0.717) is 18.6 Å². The van der Waals surface area contributed by atoms with E-state index in [0.717, 1.165) is 12.8 Å². The third-order valence-electron chi connectivity index (χ3n) is 4.38. The molecule has 9 heteroatoms. The fourth-order valence-electron chi connectivity index (χ4n) is 2.85. The molecule has 0 N–H and O–H groups in total. The van der Waals surface area contributed by atoms with Gasteiger partial charge in [0.15, 0.2) is 17.5 Å². The van der Waals surface area contributed by atoms with Gasteiger partial charge in [-0.2, -0.15) is 8.78 Å². The van der Waals surface area contributed by atoms with Gasteiger partial charge in [0, 0.05) is 12.1 Å². The summed E-state index contributed by atoms with van der Waals surface area (Å²) in [6.45, 7) is 1.13. The highest BCUT2D eigenvalue weighted by atomic mass is 19.3. The Morgan fingerprint density at radius 2 is 1.64 bits per heavy atom. The highest BCUT2D eigenvalue weighted by Crippen LogP contribution is 2.54. The van der Waals surface area contributed by atoms with Gasteiger partial charge in [-0.25, -0.2) is 17.9 Å². The molecule has 0 unspecified atom stereocenters. The molecule has 0 aromatic heterocycles. The summed E-state index contributed by atoms with van der Waals surface area (Å²) in [5, 5.41) is 0. The van der Waals surface area contributed by atoms with Gasteiger partial charge >= 0.3 is 12.3 Å². The van der Waals surface area contributed by atoms with Crippen molar-refractivity contribution in [2.75, 3.05) is 13.2 Å². The molecule has 3 aliphatic rings. The highest BCUT2D eigenvalue weighted by molar-refractivity contribution is 5.25. The van der Waals surface area contributed by atoms with E-state index in [9.17, 15) is 22.0 Å². The molecule has 0 saturated carbocycles.